The van der Waals surface area contributed by atoms with Crippen LogP contribution < -0.4 is 0 Å². The molecular weight excluding hydrogens is 258 g/mol. The molecule has 0 bridgehead atoms. The molecule has 1 fully saturated rings. The lowest BCUT2D eigenvalue weighted by Crippen LogP contribution is -2.48. The summed E-state index contributed by atoms with van der Waals surface area (Å²) in [7, 11) is 0. The van der Waals surface area contributed by atoms with E-state index >= 15 is 0 Å². The molecule has 0 saturated carbocycles. The van der Waals surface area contributed by atoms with E-state index in [1.807, 2.05) is 38.1 Å². The van der Waals surface area contributed by atoms with Crippen molar-refractivity contribution in [1.29, 1.82) is 0 Å². The van der Waals surface area contributed by atoms with Gasteiger partial charge >= 0.3 is 0 Å². The molecule has 0 aliphatic carbocycles. The van der Waals surface area contributed by atoms with Gasteiger partial charge in [0.05, 0.1) is 5.92 Å². The monoisotopic (exact) mass is 279 g/mol. The van der Waals surface area contributed by atoms with Crippen molar-refractivity contribution in [2.45, 2.75) is 26.7 Å². The molecule has 0 amide bonds. The Kier molecular flexibility index (Phi) is 4.64. The largest absolute Gasteiger partial charge is 0.302 e. The maximum Gasteiger partial charge on any atom is 0.144 e. The summed E-state index contributed by atoms with van der Waals surface area (Å²) >= 11 is 5.93. The van der Waals surface area contributed by atoms with Gasteiger partial charge in [0, 0.05) is 30.6 Å². The number of halogens is 1. The lowest BCUT2D eigenvalue weighted by atomic mass is 9.87. The number of nitrogens with zero attached hydrogens (tertiary/aromatic N) is 1. The van der Waals surface area contributed by atoms with Gasteiger partial charge in [-0.2, -0.15) is 0 Å². The maximum absolute atomic E-state index is 12.4. The van der Waals surface area contributed by atoms with Gasteiger partial charge in [0.2, 0.25) is 0 Å². The number of benzene rings is 1. The van der Waals surface area contributed by atoms with E-state index in [0.717, 1.165) is 36.1 Å². The molecule has 1 heterocycles. The van der Waals surface area contributed by atoms with Crippen LogP contribution in [0.25, 0.3) is 0 Å². The van der Waals surface area contributed by atoms with Gasteiger partial charge in [0.25, 0.3) is 0 Å². The lowest BCUT2D eigenvalue weighted by molar-refractivity contribution is -0.124. The number of rotatable bonds is 5. The highest BCUT2D eigenvalue weighted by molar-refractivity contribution is 6.30. The molecule has 1 aromatic carbocycles. The van der Waals surface area contributed by atoms with Crippen LogP contribution >= 0.6 is 11.6 Å². The highest BCUT2D eigenvalue weighted by atomic mass is 35.5. The van der Waals surface area contributed by atoms with Crippen LogP contribution in [-0.2, 0) is 4.79 Å². The molecule has 1 aromatic rings. The van der Waals surface area contributed by atoms with Crippen molar-refractivity contribution in [2.24, 2.45) is 11.8 Å². The fourth-order valence-corrected chi connectivity index (χ4v) is 2.82. The summed E-state index contributed by atoms with van der Waals surface area (Å²) in [5.74, 6) is 1.13. The zero-order chi connectivity index (χ0) is 14.0. The van der Waals surface area contributed by atoms with E-state index in [0.29, 0.717) is 5.78 Å². The number of carbonyl (C=O) groups excluding carboxylic acids is 1. The Morgan fingerprint density at radius 3 is 2.37 bits per heavy atom. The first-order valence-corrected chi connectivity index (χ1v) is 7.36. The van der Waals surface area contributed by atoms with Crippen molar-refractivity contribution in [3.63, 3.8) is 0 Å². The first kappa shape index (κ1) is 14.5. The average Bonchev–Trinajstić information content (AvgIpc) is 2.33. The van der Waals surface area contributed by atoms with Crippen molar-refractivity contribution in [3.05, 3.63) is 34.9 Å². The van der Waals surface area contributed by atoms with E-state index in [1.54, 1.807) is 0 Å². The first-order valence-electron chi connectivity index (χ1n) is 6.99. The van der Waals surface area contributed by atoms with E-state index in [1.165, 1.54) is 0 Å². The van der Waals surface area contributed by atoms with Gasteiger partial charge in [-0.3, -0.25) is 4.79 Å². The van der Waals surface area contributed by atoms with Crippen LogP contribution in [0.15, 0.2) is 24.3 Å². The van der Waals surface area contributed by atoms with Crippen molar-refractivity contribution >= 4 is 17.4 Å². The SMILES string of the molecule is CC1CN(C[C@@H](C(=O)C(C)C)c2ccc(Cl)cc2)C1. The van der Waals surface area contributed by atoms with E-state index in [2.05, 4.69) is 11.8 Å². The number of ketones is 1. The van der Waals surface area contributed by atoms with Crippen LogP contribution in [0.3, 0.4) is 0 Å². The molecule has 2 nitrogen and oxygen atoms in total. The summed E-state index contributed by atoms with van der Waals surface area (Å²) in [6, 6.07) is 7.71. The normalized spacial score (nSPS) is 18.4. The highest BCUT2D eigenvalue weighted by Crippen LogP contribution is 2.26. The number of hydrogen-bond acceptors (Lipinski definition) is 2. The highest BCUT2D eigenvalue weighted by Gasteiger charge is 2.30. The average molecular weight is 280 g/mol. The zero-order valence-electron chi connectivity index (χ0n) is 11.9. The molecule has 1 aliphatic rings. The van der Waals surface area contributed by atoms with Crippen LogP contribution in [0.5, 0.6) is 0 Å². The standard InChI is InChI=1S/C16H22ClNO/c1-11(2)16(19)15(10-18-8-12(3)9-18)13-4-6-14(17)7-5-13/h4-7,11-12,15H,8-10H2,1-3H3/t15-/m1/s1. The van der Waals surface area contributed by atoms with Crippen LogP contribution in [0.1, 0.15) is 32.3 Å². The van der Waals surface area contributed by atoms with E-state index in [4.69, 9.17) is 11.6 Å². The van der Waals surface area contributed by atoms with Crippen LogP contribution in [0.2, 0.25) is 5.02 Å². The zero-order valence-corrected chi connectivity index (χ0v) is 12.7. The van der Waals surface area contributed by atoms with E-state index in [-0.39, 0.29) is 11.8 Å². The summed E-state index contributed by atoms with van der Waals surface area (Å²) in [6.07, 6.45) is 0. The summed E-state index contributed by atoms with van der Waals surface area (Å²) in [5.41, 5.74) is 1.09. The van der Waals surface area contributed by atoms with Gasteiger partial charge in [0.15, 0.2) is 0 Å². The number of likely N-dealkylation sites (tertiary alicyclic amines) is 1. The molecule has 1 aliphatic heterocycles. The smallest absolute Gasteiger partial charge is 0.144 e. The minimum absolute atomic E-state index is 0.0234. The molecule has 104 valence electrons. The van der Waals surface area contributed by atoms with Gasteiger partial charge in [-0.25, -0.2) is 0 Å². The Labute approximate surface area is 120 Å². The summed E-state index contributed by atoms with van der Waals surface area (Å²) in [6.45, 7) is 9.25. The van der Waals surface area contributed by atoms with Gasteiger partial charge in [-0.15, -0.1) is 0 Å². The molecule has 0 unspecified atom stereocenters. The summed E-state index contributed by atoms with van der Waals surface area (Å²) in [4.78, 5) is 14.8. The fraction of sp³-hybridized carbons (Fsp3) is 0.562. The fourth-order valence-electron chi connectivity index (χ4n) is 2.69. The predicted octanol–water partition coefficient (Wildman–Crippen LogP) is 3.60. The molecule has 0 radical (unpaired) electrons. The molecule has 3 heteroatoms. The van der Waals surface area contributed by atoms with Crippen LogP contribution in [0.4, 0.5) is 0 Å². The molecule has 1 saturated heterocycles. The third-order valence-electron chi connectivity index (χ3n) is 3.77. The van der Waals surface area contributed by atoms with Gasteiger partial charge in [0.1, 0.15) is 5.78 Å². The van der Waals surface area contributed by atoms with Crippen LogP contribution in [-0.4, -0.2) is 30.3 Å². The van der Waals surface area contributed by atoms with Crippen molar-refractivity contribution in [2.75, 3.05) is 19.6 Å². The number of hydrogen-bond donors (Lipinski definition) is 0. The molecule has 0 N–H and O–H groups in total. The predicted molar refractivity (Wildman–Crippen MR) is 79.6 cm³/mol. The van der Waals surface area contributed by atoms with E-state index in [9.17, 15) is 4.79 Å². The topological polar surface area (TPSA) is 20.3 Å². The molecule has 1 atom stereocenters. The number of Topliss-reactive ketones (excluding diaryl/α,β-unsaturated/α-hetero) is 1. The Bertz CT molecular complexity index is 435. The Morgan fingerprint density at radius 2 is 1.89 bits per heavy atom. The Hall–Kier alpha value is -0.860. The Morgan fingerprint density at radius 1 is 1.32 bits per heavy atom. The second-order valence-electron chi connectivity index (χ2n) is 5.98. The van der Waals surface area contributed by atoms with Gasteiger partial charge in [-0.1, -0.05) is 44.5 Å². The molecular formula is C16H22ClNO. The van der Waals surface area contributed by atoms with Crippen molar-refractivity contribution in [3.8, 4) is 0 Å². The van der Waals surface area contributed by atoms with Crippen molar-refractivity contribution < 1.29 is 4.79 Å². The summed E-state index contributed by atoms with van der Waals surface area (Å²) < 4.78 is 0. The Balaban J connectivity index is 2.13. The second-order valence-corrected chi connectivity index (χ2v) is 6.42. The van der Waals surface area contributed by atoms with Gasteiger partial charge < -0.3 is 4.90 Å². The summed E-state index contributed by atoms with van der Waals surface area (Å²) in [5, 5.41) is 0.720. The molecule has 0 spiro atoms. The van der Waals surface area contributed by atoms with E-state index < -0.39 is 0 Å². The van der Waals surface area contributed by atoms with Crippen molar-refractivity contribution in [1.82, 2.24) is 4.90 Å². The quantitative estimate of drug-likeness (QED) is 0.821. The van der Waals surface area contributed by atoms with Crippen LogP contribution in [0, 0.1) is 11.8 Å². The molecule has 2 rings (SSSR count). The molecule has 19 heavy (non-hydrogen) atoms. The molecule has 0 aromatic heterocycles. The minimum Gasteiger partial charge on any atom is -0.302 e. The number of carbonyl (C=O) groups is 1. The second kappa shape index (κ2) is 6.06. The lowest BCUT2D eigenvalue weighted by Gasteiger charge is -2.39. The minimum atomic E-state index is -0.0234. The first-order chi connectivity index (χ1) is 8.97. The third kappa shape index (κ3) is 3.58. The van der Waals surface area contributed by atoms with Gasteiger partial charge in [-0.05, 0) is 23.6 Å². The third-order valence-corrected chi connectivity index (χ3v) is 4.02. The maximum atomic E-state index is 12.4.